The molecular weight excluding hydrogens is 510 g/mol. The first-order valence-corrected chi connectivity index (χ1v) is 10.5. The number of hydrogen-bond acceptors (Lipinski definition) is 0. The summed E-state index contributed by atoms with van der Waals surface area (Å²) in [5.74, 6) is 2.91. The van der Waals surface area contributed by atoms with Gasteiger partial charge in [0.25, 0.3) is 0 Å². The minimum Gasteiger partial charge on any atom is -0.147 e. The van der Waals surface area contributed by atoms with Crippen molar-refractivity contribution >= 4 is 30.9 Å². The molecule has 0 spiro atoms. The Balaban J connectivity index is 0.00000121. The maximum atomic E-state index is 5.74. The SMILES string of the molecule is C#CCCC1(C(C)(C)c2cccc3c2Cc2ccccc2-3)C=Cc2ccccc21.Cl.Cl.[Zr]. The molecule has 0 heterocycles. The number of fused-ring (bicyclic) bond motifs is 4. The molecule has 0 N–H and O–H groups in total. The number of halogens is 2. The monoisotopic (exact) mass is 536 g/mol. The van der Waals surface area contributed by atoms with Crippen molar-refractivity contribution in [2.45, 2.75) is 43.9 Å². The van der Waals surface area contributed by atoms with E-state index >= 15 is 0 Å². The summed E-state index contributed by atoms with van der Waals surface area (Å²) >= 11 is 0. The second-order valence-corrected chi connectivity index (χ2v) is 8.89. The summed E-state index contributed by atoms with van der Waals surface area (Å²) in [4.78, 5) is 0. The fourth-order valence-electron chi connectivity index (χ4n) is 5.70. The van der Waals surface area contributed by atoms with Crippen LogP contribution in [-0.4, -0.2) is 0 Å². The van der Waals surface area contributed by atoms with E-state index in [1.165, 1.54) is 38.9 Å². The molecule has 2 aliphatic carbocycles. The average molecular weight is 539 g/mol. The molecule has 0 saturated carbocycles. The molecule has 162 valence electrons. The van der Waals surface area contributed by atoms with Crippen molar-refractivity contribution in [3.63, 3.8) is 0 Å². The van der Waals surface area contributed by atoms with Crippen LogP contribution in [0.1, 0.15) is 54.5 Å². The van der Waals surface area contributed by atoms with Crippen LogP contribution >= 0.6 is 24.8 Å². The van der Waals surface area contributed by atoms with Gasteiger partial charge in [0, 0.05) is 43.5 Å². The van der Waals surface area contributed by atoms with Crippen LogP contribution in [0.2, 0.25) is 0 Å². The van der Waals surface area contributed by atoms with Crippen LogP contribution < -0.4 is 0 Å². The van der Waals surface area contributed by atoms with E-state index in [9.17, 15) is 0 Å². The van der Waals surface area contributed by atoms with E-state index in [-0.39, 0.29) is 61.8 Å². The molecule has 1 unspecified atom stereocenters. The van der Waals surface area contributed by atoms with Crippen LogP contribution in [0.15, 0.2) is 72.8 Å². The number of allylic oxidation sites excluding steroid dienone is 1. The van der Waals surface area contributed by atoms with E-state index in [0.29, 0.717) is 0 Å². The van der Waals surface area contributed by atoms with Gasteiger partial charge in [-0.25, -0.2) is 0 Å². The van der Waals surface area contributed by atoms with Crippen molar-refractivity contribution in [3.05, 3.63) is 101 Å². The Kier molecular flexibility index (Phi) is 8.45. The molecule has 0 radical (unpaired) electrons. The van der Waals surface area contributed by atoms with E-state index < -0.39 is 0 Å². The summed E-state index contributed by atoms with van der Waals surface area (Å²) in [5.41, 5.74) is 9.71. The van der Waals surface area contributed by atoms with Gasteiger partial charge in [-0.2, -0.15) is 0 Å². The van der Waals surface area contributed by atoms with Crippen LogP contribution in [0, 0.1) is 12.3 Å². The van der Waals surface area contributed by atoms with E-state index in [2.05, 4.69) is 98.6 Å². The molecule has 1 atom stereocenters. The first-order valence-electron chi connectivity index (χ1n) is 10.5. The molecule has 3 heteroatoms. The predicted octanol–water partition coefficient (Wildman–Crippen LogP) is 7.75. The first-order chi connectivity index (χ1) is 14.1. The van der Waals surface area contributed by atoms with Crippen LogP contribution in [0.5, 0.6) is 0 Å². The standard InChI is InChI=1S/C29H26.2ClH.Zr/c1-4-5-18-29(19-17-21-11-7-9-15-26(21)29)28(2,3)27-16-10-14-24-23-13-8-6-12-22(23)20-25(24)27;;;/h1,6-17,19H,5,18,20H2,2-3H3;2*1H;. The van der Waals surface area contributed by atoms with Gasteiger partial charge in [-0.1, -0.05) is 92.7 Å². The smallest absolute Gasteiger partial charge is 0.0242 e. The summed E-state index contributed by atoms with van der Waals surface area (Å²) in [6.45, 7) is 4.82. The maximum Gasteiger partial charge on any atom is 0.0242 e. The molecule has 0 aliphatic heterocycles. The minimum absolute atomic E-state index is 0. The first kappa shape index (κ1) is 26.7. The van der Waals surface area contributed by atoms with E-state index in [1.807, 2.05) is 0 Å². The normalized spacial score (nSPS) is 17.0. The Morgan fingerprint density at radius 2 is 1.59 bits per heavy atom. The van der Waals surface area contributed by atoms with Crippen LogP contribution in [0.4, 0.5) is 0 Å². The Morgan fingerprint density at radius 1 is 0.906 bits per heavy atom. The molecule has 3 aromatic rings. The zero-order valence-corrected chi connectivity index (χ0v) is 22.6. The van der Waals surface area contributed by atoms with Crippen LogP contribution in [0.25, 0.3) is 17.2 Å². The number of rotatable bonds is 4. The van der Waals surface area contributed by atoms with Gasteiger partial charge >= 0.3 is 0 Å². The number of hydrogen-bond donors (Lipinski definition) is 0. The third-order valence-electron chi connectivity index (χ3n) is 7.29. The second-order valence-electron chi connectivity index (χ2n) is 8.89. The third-order valence-corrected chi connectivity index (χ3v) is 7.29. The zero-order chi connectivity index (χ0) is 20.1. The van der Waals surface area contributed by atoms with Crippen molar-refractivity contribution in [1.82, 2.24) is 0 Å². The Labute approximate surface area is 223 Å². The fourth-order valence-corrected chi connectivity index (χ4v) is 5.70. The summed E-state index contributed by atoms with van der Waals surface area (Å²) in [7, 11) is 0. The minimum atomic E-state index is -0.0974. The average Bonchev–Trinajstić information content (AvgIpc) is 3.31. The van der Waals surface area contributed by atoms with Gasteiger partial charge in [-0.05, 0) is 51.8 Å². The van der Waals surface area contributed by atoms with Crippen molar-refractivity contribution < 1.29 is 26.2 Å². The Bertz CT molecular complexity index is 1190. The molecule has 0 saturated heterocycles. The summed E-state index contributed by atoms with van der Waals surface area (Å²) < 4.78 is 0. The maximum absolute atomic E-state index is 5.74. The van der Waals surface area contributed by atoms with Crippen LogP contribution in [0.3, 0.4) is 0 Å². The molecule has 0 nitrogen and oxygen atoms in total. The van der Waals surface area contributed by atoms with Crippen molar-refractivity contribution in [3.8, 4) is 23.5 Å². The van der Waals surface area contributed by atoms with Crippen LogP contribution in [-0.2, 0) is 43.5 Å². The van der Waals surface area contributed by atoms with Gasteiger partial charge < -0.3 is 0 Å². The second kappa shape index (κ2) is 10.1. The summed E-state index contributed by atoms with van der Waals surface area (Å²) in [6, 6.07) is 24.5. The molecule has 0 bridgehead atoms. The molecule has 32 heavy (non-hydrogen) atoms. The zero-order valence-electron chi connectivity index (χ0n) is 18.5. The third kappa shape index (κ3) is 3.86. The topological polar surface area (TPSA) is 0 Å². The summed E-state index contributed by atoms with van der Waals surface area (Å²) in [5, 5.41) is 0. The Morgan fingerprint density at radius 3 is 2.38 bits per heavy atom. The number of terminal acetylenes is 1. The van der Waals surface area contributed by atoms with E-state index in [4.69, 9.17) is 6.42 Å². The summed E-state index contributed by atoms with van der Waals surface area (Å²) in [6.07, 6.45) is 13.2. The van der Waals surface area contributed by atoms with Gasteiger partial charge in [0.2, 0.25) is 0 Å². The molecular formula is C29H28Cl2Zr. The van der Waals surface area contributed by atoms with E-state index in [0.717, 1.165) is 19.3 Å². The Hall–Kier alpha value is -1.58. The molecule has 0 fully saturated rings. The molecule has 3 aromatic carbocycles. The largest absolute Gasteiger partial charge is 0.147 e. The van der Waals surface area contributed by atoms with Crippen molar-refractivity contribution in [2.24, 2.45) is 0 Å². The van der Waals surface area contributed by atoms with Crippen molar-refractivity contribution in [2.75, 3.05) is 0 Å². The quantitative estimate of drug-likeness (QED) is 0.233. The van der Waals surface area contributed by atoms with Gasteiger partial charge in [-0.15, -0.1) is 37.2 Å². The molecule has 0 amide bonds. The van der Waals surface area contributed by atoms with Gasteiger partial charge in [0.15, 0.2) is 0 Å². The molecule has 0 aromatic heterocycles. The van der Waals surface area contributed by atoms with Gasteiger partial charge in [0.1, 0.15) is 0 Å². The van der Waals surface area contributed by atoms with E-state index in [1.54, 1.807) is 0 Å². The molecule has 2 aliphatic rings. The fraction of sp³-hybridized carbons (Fsp3) is 0.241. The molecule has 5 rings (SSSR count). The predicted molar refractivity (Wildman–Crippen MR) is 137 cm³/mol. The number of benzene rings is 3. The van der Waals surface area contributed by atoms with Gasteiger partial charge in [0.05, 0.1) is 0 Å². The van der Waals surface area contributed by atoms with Crippen molar-refractivity contribution in [1.29, 1.82) is 0 Å². The van der Waals surface area contributed by atoms with Gasteiger partial charge in [-0.3, -0.25) is 0 Å².